The molecular weight excluding hydrogens is 236 g/mol. The van der Waals surface area contributed by atoms with Crippen LogP contribution in [0.1, 0.15) is 34.1 Å². The van der Waals surface area contributed by atoms with E-state index in [1.807, 2.05) is 27.7 Å². The van der Waals surface area contributed by atoms with Crippen molar-refractivity contribution in [3.63, 3.8) is 0 Å². The zero-order valence-corrected chi connectivity index (χ0v) is 11.7. The molecule has 0 fully saturated rings. The first-order valence-electron chi connectivity index (χ1n) is 5.85. The second kappa shape index (κ2) is 8.24. The molecule has 0 saturated heterocycles. The van der Waals surface area contributed by atoms with Gasteiger partial charge in [0.2, 0.25) is 0 Å². The molecule has 0 aromatic heterocycles. The molecule has 108 valence electrons. The van der Waals surface area contributed by atoms with Gasteiger partial charge in [0.1, 0.15) is 0 Å². The van der Waals surface area contributed by atoms with Gasteiger partial charge in [-0.25, -0.2) is 4.79 Å². The summed E-state index contributed by atoms with van der Waals surface area (Å²) in [6.07, 6.45) is 0.594. The van der Waals surface area contributed by atoms with Crippen molar-refractivity contribution in [2.75, 3.05) is 19.8 Å². The molecule has 0 saturated carbocycles. The molecule has 0 aromatic rings. The Hall–Kier alpha value is -0.910. The van der Waals surface area contributed by atoms with Crippen LogP contribution >= 0.6 is 0 Å². The van der Waals surface area contributed by atoms with E-state index in [0.717, 1.165) is 0 Å². The van der Waals surface area contributed by atoms with Crippen molar-refractivity contribution in [2.24, 2.45) is 10.8 Å². The summed E-state index contributed by atoms with van der Waals surface area (Å²) in [6, 6.07) is 0. The summed E-state index contributed by atoms with van der Waals surface area (Å²) in [7, 11) is 0. The molecule has 0 aliphatic rings. The van der Waals surface area contributed by atoms with E-state index < -0.39 is 11.4 Å². The first kappa shape index (κ1) is 19.4. The Labute approximate surface area is 109 Å². The minimum absolute atomic E-state index is 0.156. The number of aliphatic hydroxyl groups excluding tert-OH is 3. The van der Waals surface area contributed by atoms with E-state index >= 15 is 0 Å². The second-order valence-electron chi connectivity index (χ2n) is 5.36. The Bertz CT molecular complexity index is 244. The summed E-state index contributed by atoms with van der Waals surface area (Å²) in [6.45, 7) is 10.2. The molecule has 0 aromatic carbocycles. The van der Waals surface area contributed by atoms with Crippen molar-refractivity contribution in [2.45, 2.75) is 34.1 Å². The highest BCUT2D eigenvalue weighted by atomic mass is 16.4. The van der Waals surface area contributed by atoms with Gasteiger partial charge < -0.3 is 20.4 Å². The Morgan fingerprint density at radius 2 is 1.39 bits per heavy atom. The summed E-state index contributed by atoms with van der Waals surface area (Å²) in [5.74, 6) is -0.914. The molecule has 0 amide bonds. The monoisotopic (exact) mass is 262 g/mol. The number of carbonyl (C=O) groups is 1. The van der Waals surface area contributed by atoms with E-state index in [0.29, 0.717) is 6.42 Å². The lowest BCUT2D eigenvalue weighted by atomic mass is 9.88. The number of carboxylic acids is 1. The van der Waals surface area contributed by atoms with Crippen LogP contribution < -0.4 is 0 Å². The summed E-state index contributed by atoms with van der Waals surface area (Å²) in [4.78, 5) is 10.2. The van der Waals surface area contributed by atoms with Crippen LogP contribution in [0.5, 0.6) is 0 Å². The van der Waals surface area contributed by atoms with Crippen molar-refractivity contribution in [3.8, 4) is 0 Å². The molecule has 0 spiro atoms. The second-order valence-corrected chi connectivity index (χ2v) is 5.36. The Morgan fingerprint density at radius 3 is 1.39 bits per heavy atom. The molecule has 5 nitrogen and oxygen atoms in total. The number of rotatable bonds is 5. The van der Waals surface area contributed by atoms with Crippen molar-refractivity contribution in [1.29, 1.82) is 0 Å². The van der Waals surface area contributed by atoms with Gasteiger partial charge in [-0.05, 0) is 11.8 Å². The Balaban J connectivity index is 0. The van der Waals surface area contributed by atoms with Gasteiger partial charge in [-0.3, -0.25) is 0 Å². The highest BCUT2D eigenvalue weighted by Crippen LogP contribution is 2.22. The van der Waals surface area contributed by atoms with Crippen molar-refractivity contribution >= 4 is 5.97 Å². The third kappa shape index (κ3) is 6.74. The first-order chi connectivity index (χ1) is 8.10. The van der Waals surface area contributed by atoms with Crippen LogP contribution in [0.4, 0.5) is 0 Å². The van der Waals surface area contributed by atoms with Crippen LogP contribution in [0.2, 0.25) is 0 Å². The Morgan fingerprint density at radius 1 is 1.06 bits per heavy atom. The largest absolute Gasteiger partial charge is 0.478 e. The van der Waals surface area contributed by atoms with Crippen LogP contribution in [0.3, 0.4) is 0 Å². The molecular formula is C13H26O5. The molecule has 0 aliphatic heterocycles. The van der Waals surface area contributed by atoms with Gasteiger partial charge in [0.05, 0.1) is 19.8 Å². The average Bonchev–Trinajstić information content (AvgIpc) is 2.31. The fraction of sp³-hybridized carbons (Fsp3) is 0.769. The van der Waals surface area contributed by atoms with Gasteiger partial charge in [-0.1, -0.05) is 34.3 Å². The number of hydrogen-bond donors (Lipinski definition) is 4. The third-order valence-corrected chi connectivity index (χ3v) is 2.92. The SMILES string of the molecule is C=C(C(=O)O)C(C)(C)C.CCC(CO)(CO)CO. The predicted octanol–water partition coefficient (Wildman–Crippen LogP) is 1.03. The topological polar surface area (TPSA) is 98.0 Å². The van der Waals surface area contributed by atoms with Gasteiger partial charge in [-0.15, -0.1) is 0 Å². The molecule has 0 aliphatic carbocycles. The van der Waals surface area contributed by atoms with E-state index in [1.165, 1.54) is 0 Å². The maximum atomic E-state index is 10.2. The minimum atomic E-state index is -0.914. The molecule has 5 heteroatoms. The smallest absolute Gasteiger partial charge is 0.331 e. The number of carboxylic acid groups (broad SMARTS) is 1. The Kier molecular flexibility index (Phi) is 8.89. The summed E-state index contributed by atoms with van der Waals surface area (Å²) < 4.78 is 0. The van der Waals surface area contributed by atoms with Gasteiger partial charge in [0, 0.05) is 11.0 Å². The van der Waals surface area contributed by atoms with Gasteiger partial charge in [-0.2, -0.15) is 0 Å². The summed E-state index contributed by atoms with van der Waals surface area (Å²) in [5, 5.41) is 34.4. The lowest BCUT2D eigenvalue weighted by Crippen LogP contribution is -2.32. The number of aliphatic carboxylic acids is 1. The average molecular weight is 262 g/mol. The van der Waals surface area contributed by atoms with Gasteiger partial charge in [0.25, 0.3) is 0 Å². The van der Waals surface area contributed by atoms with Gasteiger partial charge in [0.15, 0.2) is 0 Å². The van der Waals surface area contributed by atoms with E-state index in [1.54, 1.807) is 0 Å². The molecule has 0 atom stereocenters. The van der Waals surface area contributed by atoms with E-state index in [-0.39, 0.29) is 30.8 Å². The normalized spacial score (nSPS) is 11.5. The minimum Gasteiger partial charge on any atom is -0.478 e. The quantitative estimate of drug-likeness (QED) is 0.555. The zero-order valence-electron chi connectivity index (χ0n) is 11.7. The number of aliphatic hydroxyl groups is 3. The standard InChI is InChI=1S/C7H12O2.C6H14O3/c1-5(6(8)9)7(2,3)4;1-2-6(3-7,4-8)5-9/h1H2,2-4H3,(H,8,9);7-9H,2-5H2,1H3. The maximum absolute atomic E-state index is 10.2. The molecule has 0 bridgehead atoms. The lowest BCUT2D eigenvalue weighted by Gasteiger charge is -2.24. The van der Waals surface area contributed by atoms with Crippen LogP contribution in [0.15, 0.2) is 12.2 Å². The lowest BCUT2D eigenvalue weighted by molar-refractivity contribution is -0.133. The molecule has 4 N–H and O–H groups in total. The van der Waals surface area contributed by atoms with Crippen molar-refractivity contribution < 1.29 is 25.2 Å². The number of hydrogen-bond acceptors (Lipinski definition) is 4. The summed E-state index contributed by atoms with van der Waals surface area (Å²) >= 11 is 0. The molecule has 0 radical (unpaired) electrons. The highest BCUT2D eigenvalue weighted by Gasteiger charge is 2.24. The first-order valence-corrected chi connectivity index (χ1v) is 5.85. The van der Waals surface area contributed by atoms with E-state index in [2.05, 4.69) is 6.58 Å². The summed E-state index contributed by atoms with van der Waals surface area (Å²) in [5.41, 5.74) is -0.728. The maximum Gasteiger partial charge on any atom is 0.331 e. The van der Waals surface area contributed by atoms with E-state index in [4.69, 9.17) is 20.4 Å². The zero-order chi connectivity index (χ0) is 15.0. The predicted molar refractivity (Wildman–Crippen MR) is 70.2 cm³/mol. The molecule has 0 unspecified atom stereocenters. The van der Waals surface area contributed by atoms with Crippen LogP contribution in [-0.2, 0) is 4.79 Å². The van der Waals surface area contributed by atoms with Crippen LogP contribution in [-0.4, -0.2) is 46.2 Å². The third-order valence-electron chi connectivity index (χ3n) is 2.92. The molecule has 0 rings (SSSR count). The van der Waals surface area contributed by atoms with Crippen molar-refractivity contribution in [3.05, 3.63) is 12.2 Å². The highest BCUT2D eigenvalue weighted by molar-refractivity contribution is 5.87. The fourth-order valence-corrected chi connectivity index (χ4v) is 0.806. The molecule has 18 heavy (non-hydrogen) atoms. The molecule has 0 heterocycles. The van der Waals surface area contributed by atoms with Crippen LogP contribution in [0.25, 0.3) is 0 Å². The van der Waals surface area contributed by atoms with E-state index in [9.17, 15) is 4.79 Å². The van der Waals surface area contributed by atoms with Gasteiger partial charge >= 0.3 is 5.97 Å². The van der Waals surface area contributed by atoms with Crippen LogP contribution in [0, 0.1) is 10.8 Å². The fourth-order valence-electron chi connectivity index (χ4n) is 0.806. The van der Waals surface area contributed by atoms with Crippen molar-refractivity contribution in [1.82, 2.24) is 0 Å².